The highest BCUT2D eigenvalue weighted by atomic mass is 16.2. The Hall–Kier alpha value is -0.610. The maximum absolute atomic E-state index is 11.4. The molecule has 1 fully saturated rings. The number of hydrogen-bond acceptors (Lipinski definition) is 3. The standard InChI is InChI=1S/C10H21N3O/c1-6-4-9(5-11)10(12)7(2)13(6)8(3)14/h6-7,9-10H,4-5,11-12H2,1-3H3. The molecule has 82 valence electrons. The van der Waals surface area contributed by atoms with Crippen molar-refractivity contribution in [1.29, 1.82) is 0 Å². The average molecular weight is 199 g/mol. The SMILES string of the molecule is CC(=O)N1C(C)CC(CN)C(N)C1C. The van der Waals surface area contributed by atoms with Gasteiger partial charge in [0.2, 0.25) is 5.91 Å². The molecule has 4 unspecified atom stereocenters. The first-order chi connectivity index (χ1) is 6.49. The van der Waals surface area contributed by atoms with Crippen LogP contribution in [-0.4, -0.2) is 35.5 Å². The molecule has 14 heavy (non-hydrogen) atoms. The summed E-state index contributed by atoms with van der Waals surface area (Å²) >= 11 is 0. The lowest BCUT2D eigenvalue weighted by molar-refractivity contribution is -0.136. The lowest BCUT2D eigenvalue weighted by atomic mass is 9.83. The summed E-state index contributed by atoms with van der Waals surface area (Å²) in [4.78, 5) is 13.3. The van der Waals surface area contributed by atoms with Crippen LogP contribution in [0.1, 0.15) is 27.2 Å². The molecule has 4 heteroatoms. The minimum absolute atomic E-state index is 0.0140. The molecule has 1 heterocycles. The number of carbonyl (C=O) groups is 1. The van der Waals surface area contributed by atoms with Crippen molar-refractivity contribution in [2.75, 3.05) is 6.54 Å². The van der Waals surface area contributed by atoms with Gasteiger partial charge in [0.25, 0.3) is 0 Å². The van der Waals surface area contributed by atoms with Gasteiger partial charge in [-0.3, -0.25) is 4.79 Å². The van der Waals surface area contributed by atoms with Gasteiger partial charge < -0.3 is 16.4 Å². The minimum Gasteiger partial charge on any atom is -0.336 e. The maximum atomic E-state index is 11.4. The Labute approximate surface area is 85.6 Å². The Kier molecular flexibility index (Phi) is 3.50. The smallest absolute Gasteiger partial charge is 0.219 e. The van der Waals surface area contributed by atoms with Crippen LogP contribution in [0.25, 0.3) is 0 Å². The molecule has 1 aliphatic rings. The zero-order valence-electron chi connectivity index (χ0n) is 9.23. The van der Waals surface area contributed by atoms with E-state index in [4.69, 9.17) is 11.5 Å². The molecule has 4 nitrogen and oxygen atoms in total. The summed E-state index contributed by atoms with van der Waals surface area (Å²) < 4.78 is 0. The summed E-state index contributed by atoms with van der Waals surface area (Å²) in [5.41, 5.74) is 11.7. The van der Waals surface area contributed by atoms with E-state index < -0.39 is 0 Å². The molecular weight excluding hydrogens is 178 g/mol. The topological polar surface area (TPSA) is 72.3 Å². The van der Waals surface area contributed by atoms with Crippen LogP contribution in [0.5, 0.6) is 0 Å². The summed E-state index contributed by atoms with van der Waals surface area (Å²) in [6.07, 6.45) is 0.918. The van der Waals surface area contributed by atoms with Crippen LogP contribution in [0.2, 0.25) is 0 Å². The van der Waals surface area contributed by atoms with Gasteiger partial charge in [-0.05, 0) is 32.7 Å². The van der Waals surface area contributed by atoms with Crippen LogP contribution in [0, 0.1) is 5.92 Å². The molecule has 4 atom stereocenters. The Bertz CT molecular complexity index is 219. The van der Waals surface area contributed by atoms with Crippen LogP contribution >= 0.6 is 0 Å². The summed E-state index contributed by atoms with van der Waals surface area (Å²) in [5.74, 6) is 0.450. The highest BCUT2D eigenvalue weighted by molar-refractivity contribution is 5.74. The molecule has 1 aliphatic heterocycles. The number of carbonyl (C=O) groups excluding carboxylic acids is 1. The third-order valence-corrected chi connectivity index (χ3v) is 3.33. The fourth-order valence-corrected chi connectivity index (χ4v) is 2.54. The second-order valence-corrected chi connectivity index (χ2v) is 4.32. The maximum Gasteiger partial charge on any atom is 0.219 e. The number of nitrogens with zero attached hydrogens (tertiary/aromatic N) is 1. The molecule has 0 saturated carbocycles. The molecule has 0 aromatic rings. The van der Waals surface area contributed by atoms with Crippen LogP contribution in [0.15, 0.2) is 0 Å². The van der Waals surface area contributed by atoms with E-state index in [1.807, 2.05) is 11.8 Å². The summed E-state index contributed by atoms with van der Waals surface area (Å²) in [6, 6.07) is 0.376. The van der Waals surface area contributed by atoms with Crippen molar-refractivity contribution in [3.05, 3.63) is 0 Å². The lowest BCUT2D eigenvalue weighted by Crippen LogP contribution is -2.60. The van der Waals surface area contributed by atoms with E-state index >= 15 is 0 Å². The number of amides is 1. The van der Waals surface area contributed by atoms with Crippen LogP contribution in [0.4, 0.5) is 0 Å². The van der Waals surface area contributed by atoms with Gasteiger partial charge in [0.15, 0.2) is 0 Å². The van der Waals surface area contributed by atoms with Crippen molar-refractivity contribution < 1.29 is 4.79 Å². The highest BCUT2D eigenvalue weighted by Gasteiger charge is 2.37. The summed E-state index contributed by atoms with van der Waals surface area (Å²) in [6.45, 7) is 6.28. The van der Waals surface area contributed by atoms with Gasteiger partial charge in [0, 0.05) is 25.0 Å². The highest BCUT2D eigenvalue weighted by Crippen LogP contribution is 2.26. The predicted molar refractivity (Wildman–Crippen MR) is 56.6 cm³/mol. The number of rotatable bonds is 1. The Morgan fingerprint density at radius 3 is 2.50 bits per heavy atom. The van der Waals surface area contributed by atoms with E-state index in [1.54, 1.807) is 6.92 Å². The van der Waals surface area contributed by atoms with Crippen molar-refractivity contribution in [2.45, 2.75) is 45.3 Å². The molecular formula is C10H21N3O. The van der Waals surface area contributed by atoms with Crippen molar-refractivity contribution in [3.8, 4) is 0 Å². The minimum atomic E-state index is 0.0140. The van der Waals surface area contributed by atoms with Crippen LogP contribution in [-0.2, 0) is 4.79 Å². The first-order valence-corrected chi connectivity index (χ1v) is 5.23. The Morgan fingerprint density at radius 2 is 2.07 bits per heavy atom. The largest absolute Gasteiger partial charge is 0.336 e. The van der Waals surface area contributed by atoms with Crippen molar-refractivity contribution in [2.24, 2.45) is 17.4 Å². The van der Waals surface area contributed by atoms with Crippen molar-refractivity contribution in [3.63, 3.8) is 0 Å². The van der Waals surface area contributed by atoms with Gasteiger partial charge in [0.05, 0.1) is 0 Å². The first-order valence-electron chi connectivity index (χ1n) is 5.23. The number of piperidine rings is 1. The predicted octanol–water partition coefficient (Wildman–Crippen LogP) is -0.0822. The second-order valence-electron chi connectivity index (χ2n) is 4.32. The Morgan fingerprint density at radius 1 is 1.50 bits per heavy atom. The lowest BCUT2D eigenvalue weighted by Gasteiger charge is -2.46. The molecule has 1 rings (SSSR count). The van der Waals surface area contributed by atoms with Crippen molar-refractivity contribution >= 4 is 5.91 Å². The van der Waals surface area contributed by atoms with Gasteiger partial charge in [-0.2, -0.15) is 0 Å². The quantitative estimate of drug-likeness (QED) is 0.620. The number of likely N-dealkylation sites (tertiary alicyclic amines) is 1. The van der Waals surface area contributed by atoms with Gasteiger partial charge in [-0.25, -0.2) is 0 Å². The zero-order chi connectivity index (χ0) is 10.9. The molecule has 4 N–H and O–H groups in total. The Balaban J connectivity index is 2.79. The second kappa shape index (κ2) is 4.28. The van der Waals surface area contributed by atoms with Crippen LogP contribution in [0.3, 0.4) is 0 Å². The monoisotopic (exact) mass is 199 g/mol. The zero-order valence-corrected chi connectivity index (χ0v) is 9.23. The van der Waals surface area contributed by atoms with Crippen molar-refractivity contribution in [1.82, 2.24) is 4.90 Å². The fraction of sp³-hybridized carbons (Fsp3) is 0.900. The van der Waals surface area contributed by atoms with Gasteiger partial charge in [-0.15, -0.1) is 0 Å². The molecule has 0 aromatic heterocycles. The first kappa shape index (κ1) is 11.5. The van der Waals surface area contributed by atoms with Gasteiger partial charge >= 0.3 is 0 Å². The molecule has 0 bridgehead atoms. The summed E-state index contributed by atoms with van der Waals surface area (Å²) in [5, 5.41) is 0. The van der Waals surface area contributed by atoms with Crippen LogP contribution < -0.4 is 11.5 Å². The van der Waals surface area contributed by atoms with E-state index in [-0.39, 0.29) is 24.0 Å². The molecule has 0 spiro atoms. The van der Waals surface area contributed by atoms with Gasteiger partial charge in [-0.1, -0.05) is 0 Å². The van der Waals surface area contributed by atoms with E-state index in [1.165, 1.54) is 0 Å². The third kappa shape index (κ3) is 1.91. The van der Waals surface area contributed by atoms with Gasteiger partial charge in [0.1, 0.15) is 0 Å². The van der Waals surface area contributed by atoms with E-state index in [0.29, 0.717) is 12.5 Å². The third-order valence-electron chi connectivity index (χ3n) is 3.33. The van der Waals surface area contributed by atoms with E-state index in [0.717, 1.165) is 6.42 Å². The summed E-state index contributed by atoms with van der Waals surface area (Å²) in [7, 11) is 0. The number of hydrogen-bond donors (Lipinski definition) is 2. The molecule has 1 saturated heterocycles. The molecule has 0 radical (unpaired) electrons. The molecule has 0 aromatic carbocycles. The normalized spacial score (nSPS) is 38.5. The van der Waals surface area contributed by atoms with E-state index in [2.05, 4.69) is 6.92 Å². The van der Waals surface area contributed by atoms with E-state index in [9.17, 15) is 4.79 Å². The number of nitrogens with two attached hydrogens (primary N) is 2. The average Bonchev–Trinajstić information content (AvgIpc) is 2.10. The fourth-order valence-electron chi connectivity index (χ4n) is 2.54. The molecule has 1 amide bonds. The molecule has 0 aliphatic carbocycles.